The first-order valence-corrected chi connectivity index (χ1v) is 7.13. The van der Waals surface area contributed by atoms with Gasteiger partial charge in [0, 0.05) is 19.5 Å². The van der Waals surface area contributed by atoms with Gasteiger partial charge in [-0.25, -0.2) is 0 Å². The third-order valence-corrected chi connectivity index (χ3v) is 3.35. The van der Waals surface area contributed by atoms with Crippen molar-refractivity contribution in [2.45, 2.75) is 39.7 Å². The monoisotopic (exact) mass is 262 g/mol. The Balaban J connectivity index is 2.23. The van der Waals surface area contributed by atoms with Gasteiger partial charge in [0.25, 0.3) is 0 Å². The van der Waals surface area contributed by atoms with Gasteiger partial charge in [-0.3, -0.25) is 4.79 Å². The molecular weight excluding hydrogens is 236 g/mol. The van der Waals surface area contributed by atoms with Crippen LogP contribution in [0.3, 0.4) is 0 Å². The summed E-state index contributed by atoms with van der Waals surface area (Å²) in [6.45, 7) is 6.79. The maximum absolute atomic E-state index is 11.8. The van der Waals surface area contributed by atoms with Crippen LogP contribution >= 0.6 is 0 Å². The molecule has 0 saturated heterocycles. The third-order valence-electron chi connectivity index (χ3n) is 3.35. The third kappa shape index (κ3) is 6.39. The van der Waals surface area contributed by atoms with Crippen LogP contribution in [0, 0.1) is 6.92 Å². The highest BCUT2D eigenvalue weighted by atomic mass is 16.1. The van der Waals surface area contributed by atoms with E-state index in [2.05, 4.69) is 43.2 Å². The standard InChI is InChI=1S/C16H26N2O/c1-4-5-11-18(3)12-10-16(19)17-13-15-9-7-6-8-14(15)2/h6-9H,4-5,10-13H2,1-3H3,(H,17,19). The highest BCUT2D eigenvalue weighted by Crippen LogP contribution is 2.06. The van der Waals surface area contributed by atoms with Crippen molar-refractivity contribution in [3.63, 3.8) is 0 Å². The van der Waals surface area contributed by atoms with Crippen molar-refractivity contribution in [1.82, 2.24) is 10.2 Å². The molecule has 1 amide bonds. The lowest BCUT2D eigenvalue weighted by Gasteiger charge is -2.15. The second kappa shape index (κ2) is 8.70. The van der Waals surface area contributed by atoms with Gasteiger partial charge >= 0.3 is 0 Å². The van der Waals surface area contributed by atoms with E-state index in [9.17, 15) is 4.79 Å². The van der Waals surface area contributed by atoms with E-state index in [0.29, 0.717) is 13.0 Å². The smallest absolute Gasteiger partial charge is 0.221 e. The number of carbonyl (C=O) groups is 1. The Bertz CT molecular complexity index is 390. The van der Waals surface area contributed by atoms with Gasteiger partial charge in [0.2, 0.25) is 5.91 Å². The molecule has 0 aliphatic rings. The highest BCUT2D eigenvalue weighted by molar-refractivity contribution is 5.76. The molecule has 0 unspecified atom stereocenters. The lowest BCUT2D eigenvalue weighted by atomic mass is 10.1. The Kier molecular flexibility index (Phi) is 7.19. The predicted octanol–water partition coefficient (Wildman–Crippen LogP) is 2.73. The molecular formula is C16H26N2O. The van der Waals surface area contributed by atoms with Crippen LogP contribution in [0.25, 0.3) is 0 Å². The Morgan fingerprint density at radius 1 is 1.26 bits per heavy atom. The summed E-state index contributed by atoms with van der Waals surface area (Å²) in [7, 11) is 2.07. The van der Waals surface area contributed by atoms with Gasteiger partial charge in [-0.15, -0.1) is 0 Å². The first-order chi connectivity index (χ1) is 9.13. The largest absolute Gasteiger partial charge is 0.352 e. The quantitative estimate of drug-likeness (QED) is 0.781. The molecule has 19 heavy (non-hydrogen) atoms. The van der Waals surface area contributed by atoms with Crippen LogP contribution in [0.4, 0.5) is 0 Å². The number of benzene rings is 1. The molecule has 0 spiro atoms. The first kappa shape index (κ1) is 15.7. The maximum Gasteiger partial charge on any atom is 0.221 e. The van der Waals surface area contributed by atoms with E-state index >= 15 is 0 Å². The SMILES string of the molecule is CCCCN(C)CCC(=O)NCc1ccccc1C. The second-order valence-electron chi connectivity index (χ2n) is 5.11. The van der Waals surface area contributed by atoms with Crippen LogP contribution in [-0.2, 0) is 11.3 Å². The lowest BCUT2D eigenvalue weighted by Crippen LogP contribution is -2.29. The molecule has 1 aromatic carbocycles. The first-order valence-electron chi connectivity index (χ1n) is 7.13. The van der Waals surface area contributed by atoms with Crippen molar-refractivity contribution < 1.29 is 4.79 Å². The van der Waals surface area contributed by atoms with Crippen molar-refractivity contribution in [2.75, 3.05) is 20.1 Å². The summed E-state index contributed by atoms with van der Waals surface area (Å²) in [6, 6.07) is 8.15. The van der Waals surface area contributed by atoms with Crippen molar-refractivity contribution in [1.29, 1.82) is 0 Å². The van der Waals surface area contributed by atoms with Crippen LogP contribution < -0.4 is 5.32 Å². The number of hydrogen-bond donors (Lipinski definition) is 1. The van der Waals surface area contributed by atoms with E-state index in [-0.39, 0.29) is 5.91 Å². The molecule has 0 bridgehead atoms. The molecule has 3 nitrogen and oxygen atoms in total. The molecule has 1 N–H and O–H groups in total. The molecule has 0 aromatic heterocycles. The van der Waals surface area contributed by atoms with Gasteiger partial charge in [-0.1, -0.05) is 37.6 Å². The van der Waals surface area contributed by atoms with Gasteiger partial charge < -0.3 is 10.2 Å². The van der Waals surface area contributed by atoms with E-state index in [1.54, 1.807) is 0 Å². The van der Waals surface area contributed by atoms with Gasteiger partial charge in [-0.2, -0.15) is 0 Å². The molecule has 1 aromatic rings. The highest BCUT2D eigenvalue weighted by Gasteiger charge is 2.05. The van der Waals surface area contributed by atoms with Crippen molar-refractivity contribution in [3.8, 4) is 0 Å². The number of carbonyl (C=O) groups excluding carboxylic acids is 1. The second-order valence-corrected chi connectivity index (χ2v) is 5.11. The van der Waals surface area contributed by atoms with E-state index in [1.165, 1.54) is 24.0 Å². The van der Waals surface area contributed by atoms with Crippen molar-refractivity contribution >= 4 is 5.91 Å². The molecule has 0 aliphatic heterocycles. The fourth-order valence-electron chi connectivity index (χ4n) is 1.92. The van der Waals surface area contributed by atoms with E-state index < -0.39 is 0 Å². The van der Waals surface area contributed by atoms with Gasteiger partial charge in [0.1, 0.15) is 0 Å². The number of unbranched alkanes of at least 4 members (excludes halogenated alkanes) is 1. The number of hydrogen-bond acceptors (Lipinski definition) is 2. The average molecular weight is 262 g/mol. The summed E-state index contributed by atoms with van der Waals surface area (Å²) < 4.78 is 0. The van der Waals surface area contributed by atoms with Crippen LogP contribution in [0.1, 0.15) is 37.3 Å². The van der Waals surface area contributed by atoms with Crippen molar-refractivity contribution in [3.05, 3.63) is 35.4 Å². The zero-order valence-electron chi connectivity index (χ0n) is 12.4. The Labute approximate surface area is 117 Å². The summed E-state index contributed by atoms with van der Waals surface area (Å²) >= 11 is 0. The van der Waals surface area contributed by atoms with Crippen LogP contribution in [-0.4, -0.2) is 30.9 Å². The molecule has 0 fully saturated rings. The minimum atomic E-state index is 0.131. The molecule has 106 valence electrons. The van der Waals surface area contributed by atoms with Crippen LogP contribution in [0.15, 0.2) is 24.3 Å². The average Bonchev–Trinajstić information content (AvgIpc) is 2.42. The minimum absolute atomic E-state index is 0.131. The summed E-state index contributed by atoms with van der Waals surface area (Å²) in [5.41, 5.74) is 2.41. The summed E-state index contributed by atoms with van der Waals surface area (Å²) in [5, 5.41) is 2.99. The van der Waals surface area contributed by atoms with Gasteiger partial charge in [-0.05, 0) is 38.1 Å². The van der Waals surface area contributed by atoms with E-state index in [4.69, 9.17) is 0 Å². The minimum Gasteiger partial charge on any atom is -0.352 e. The lowest BCUT2D eigenvalue weighted by molar-refractivity contribution is -0.121. The van der Waals surface area contributed by atoms with E-state index in [0.717, 1.165) is 13.1 Å². The topological polar surface area (TPSA) is 32.3 Å². The number of rotatable bonds is 8. The Morgan fingerprint density at radius 3 is 2.68 bits per heavy atom. The molecule has 1 rings (SSSR count). The maximum atomic E-state index is 11.8. The Morgan fingerprint density at radius 2 is 2.00 bits per heavy atom. The van der Waals surface area contributed by atoms with Gasteiger partial charge in [0.15, 0.2) is 0 Å². The molecule has 0 radical (unpaired) electrons. The molecule has 0 heterocycles. The zero-order valence-corrected chi connectivity index (χ0v) is 12.4. The molecule has 3 heteroatoms. The van der Waals surface area contributed by atoms with E-state index in [1.807, 2.05) is 12.1 Å². The summed E-state index contributed by atoms with van der Waals surface area (Å²) in [6.07, 6.45) is 2.97. The van der Waals surface area contributed by atoms with Crippen LogP contribution in [0.2, 0.25) is 0 Å². The van der Waals surface area contributed by atoms with Gasteiger partial charge in [0.05, 0.1) is 0 Å². The number of nitrogens with zero attached hydrogens (tertiary/aromatic N) is 1. The van der Waals surface area contributed by atoms with Crippen LogP contribution in [0.5, 0.6) is 0 Å². The molecule has 0 aliphatic carbocycles. The molecule has 0 saturated carbocycles. The predicted molar refractivity (Wildman–Crippen MR) is 80.0 cm³/mol. The number of nitrogens with one attached hydrogen (secondary N) is 1. The Hall–Kier alpha value is -1.35. The number of amides is 1. The summed E-state index contributed by atoms with van der Waals surface area (Å²) in [4.78, 5) is 14.0. The fourth-order valence-corrected chi connectivity index (χ4v) is 1.92. The van der Waals surface area contributed by atoms with Crippen molar-refractivity contribution in [2.24, 2.45) is 0 Å². The fraction of sp³-hybridized carbons (Fsp3) is 0.562. The normalized spacial score (nSPS) is 10.7. The summed E-state index contributed by atoms with van der Waals surface area (Å²) in [5.74, 6) is 0.131. The zero-order chi connectivity index (χ0) is 14.1. The molecule has 0 atom stereocenters. The number of aryl methyl sites for hydroxylation is 1.